The van der Waals surface area contributed by atoms with Crippen LogP contribution in [0.25, 0.3) is 0 Å². The van der Waals surface area contributed by atoms with E-state index in [2.05, 4.69) is 6.92 Å². The number of ether oxygens (including phenoxy) is 1. The third-order valence-electron chi connectivity index (χ3n) is 6.23. The summed E-state index contributed by atoms with van der Waals surface area (Å²) in [7, 11) is 0. The number of hydrogen-bond acceptors (Lipinski definition) is 3. The molecule has 5 heteroatoms. The second-order valence-corrected chi connectivity index (χ2v) is 7.75. The molecule has 0 aromatic heterocycles. The van der Waals surface area contributed by atoms with E-state index < -0.39 is 0 Å². The fourth-order valence-electron chi connectivity index (χ4n) is 4.82. The summed E-state index contributed by atoms with van der Waals surface area (Å²) in [5.41, 5.74) is -0.206. The maximum Gasteiger partial charge on any atom is 0.224 e. The van der Waals surface area contributed by atoms with Gasteiger partial charge in [-0.25, -0.2) is 0 Å². The minimum atomic E-state index is -0.206. The van der Waals surface area contributed by atoms with Gasteiger partial charge in [0.05, 0.1) is 5.54 Å². The van der Waals surface area contributed by atoms with Crippen molar-refractivity contribution < 1.29 is 14.3 Å². The molecule has 5 nitrogen and oxygen atoms in total. The second kappa shape index (κ2) is 7.85. The lowest BCUT2D eigenvalue weighted by Crippen LogP contribution is -2.58. The van der Waals surface area contributed by atoms with Crippen LogP contribution in [0.4, 0.5) is 0 Å². The number of carbonyl (C=O) groups excluding carboxylic acids is 2. The van der Waals surface area contributed by atoms with Crippen molar-refractivity contribution in [3.63, 3.8) is 0 Å². The van der Waals surface area contributed by atoms with E-state index in [9.17, 15) is 9.59 Å². The second-order valence-electron chi connectivity index (χ2n) is 7.75. The summed E-state index contributed by atoms with van der Waals surface area (Å²) >= 11 is 0. The van der Waals surface area contributed by atoms with E-state index >= 15 is 0 Å². The maximum atomic E-state index is 12.9. The van der Waals surface area contributed by atoms with Crippen LogP contribution in [0.1, 0.15) is 64.7 Å². The average Bonchev–Trinajstić information content (AvgIpc) is 2.73. The SMILES string of the molecule is CCN1C(=O)CCN(C(=O)CC2CCCCC2)CC12CCOCC2. The van der Waals surface area contributed by atoms with Gasteiger partial charge in [0.15, 0.2) is 0 Å². The number of nitrogens with zero attached hydrogens (tertiary/aromatic N) is 2. The van der Waals surface area contributed by atoms with Gasteiger partial charge in [-0.3, -0.25) is 9.59 Å². The molecule has 3 aliphatic rings. The Morgan fingerprint density at radius 2 is 1.92 bits per heavy atom. The Morgan fingerprint density at radius 1 is 1.21 bits per heavy atom. The molecule has 0 unspecified atom stereocenters. The van der Waals surface area contributed by atoms with Crippen molar-refractivity contribution in [1.29, 1.82) is 0 Å². The summed E-state index contributed by atoms with van der Waals surface area (Å²) in [5, 5.41) is 0. The fourth-order valence-corrected chi connectivity index (χ4v) is 4.82. The van der Waals surface area contributed by atoms with Crippen LogP contribution < -0.4 is 0 Å². The number of likely N-dealkylation sites (N-methyl/N-ethyl adjacent to an activating group) is 1. The zero-order valence-corrected chi connectivity index (χ0v) is 15.1. The predicted molar refractivity (Wildman–Crippen MR) is 92.6 cm³/mol. The van der Waals surface area contributed by atoms with E-state index in [-0.39, 0.29) is 17.4 Å². The molecule has 0 bridgehead atoms. The van der Waals surface area contributed by atoms with E-state index in [0.717, 1.165) is 19.4 Å². The van der Waals surface area contributed by atoms with Crippen molar-refractivity contribution in [2.45, 2.75) is 70.3 Å². The number of hydrogen-bond donors (Lipinski definition) is 0. The van der Waals surface area contributed by atoms with Gasteiger partial charge in [-0.15, -0.1) is 0 Å². The van der Waals surface area contributed by atoms with E-state index in [4.69, 9.17) is 4.74 Å². The van der Waals surface area contributed by atoms with Gasteiger partial charge in [0, 0.05) is 45.7 Å². The molecule has 3 fully saturated rings. The first kappa shape index (κ1) is 17.7. The Bertz CT molecular complexity index is 454. The molecule has 1 spiro atoms. The van der Waals surface area contributed by atoms with Crippen LogP contribution in [0, 0.1) is 5.92 Å². The summed E-state index contributed by atoms with van der Waals surface area (Å²) in [5.74, 6) is 1.02. The predicted octanol–water partition coefficient (Wildman–Crippen LogP) is 2.59. The largest absolute Gasteiger partial charge is 0.381 e. The van der Waals surface area contributed by atoms with E-state index in [1.54, 1.807) is 0 Å². The lowest BCUT2D eigenvalue weighted by atomic mass is 9.85. The summed E-state index contributed by atoms with van der Waals surface area (Å²) in [6.07, 6.45) is 9.07. The van der Waals surface area contributed by atoms with Crippen LogP contribution in [0.2, 0.25) is 0 Å². The molecule has 0 radical (unpaired) electrons. The van der Waals surface area contributed by atoms with Gasteiger partial charge in [0.25, 0.3) is 0 Å². The van der Waals surface area contributed by atoms with Gasteiger partial charge in [-0.05, 0) is 38.5 Å². The molecule has 1 saturated carbocycles. The molecule has 0 atom stereocenters. The molecule has 0 N–H and O–H groups in total. The molecular weight excluding hydrogens is 304 g/mol. The molecule has 0 aromatic rings. The van der Waals surface area contributed by atoms with Gasteiger partial charge >= 0.3 is 0 Å². The third-order valence-corrected chi connectivity index (χ3v) is 6.23. The van der Waals surface area contributed by atoms with E-state index in [1.165, 1.54) is 32.1 Å². The highest BCUT2D eigenvalue weighted by Gasteiger charge is 2.44. The van der Waals surface area contributed by atoms with E-state index in [1.807, 2.05) is 9.80 Å². The standard InChI is InChI=1S/C19H32N2O3/c1-2-21-17(22)8-11-20(15-19(21)9-12-24-13-10-19)18(23)14-16-6-4-3-5-7-16/h16H,2-15H2,1H3. The summed E-state index contributed by atoms with van der Waals surface area (Å²) in [4.78, 5) is 29.6. The number of rotatable bonds is 3. The van der Waals surface area contributed by atoms with Crippen molar-refractivity contribution in [1.82, 2.24) is 9.80 Å². The highest BCUT2D eigenvalue weighted by molar-refractivity contribution is 5.81. The molecule has 136 valence electrons. The number of amides is 2. The van der Waals surface area contributed by atoms with Gasteiger partial charge in [-0.2, -0.15) is 0 Å². The van der Waals surface area contributed by atoms with Crippen LogP contribution in [0.5, 0.6) is 0 Å². The van der Waals surface area contributed by atoms with Gasteiger partial charge < -0.3 is 14.5 Å². The zero-order chi connectivity index (χ0) is 17.0. The highest BCUT2D eigenvalue weighted by Crippen LogP contribution is 2.33. The monoisotopic (exact) mass is 336 g/mol. The lowest BCUT2D eigenvalue weighted by Gasteiger charge is -2.46. The van der Waals surface area contributed by atoms with Crippen LogP contribution >= 0.6 is 0 Å². The quantitative estimate of drug-likeness (QED) is 0.796. The van der Waals surface area contributed by atoms with Crippen LogP contribution in [0.15, 0.2) is 0 Å². The average molecular weight is 336 g/mol. The summed E-state index contributed by atoms with van der Waals surface area (Å²) in [6.45, 7) is 5.44. The van der Waals surface area contributed by atoms with E-state index in [0.29, 0.717) is 45.1 Å². The van der Waals surface area contributed by atoms with Crippen molar-refractivity contribution in [3.8, 4) is 0 Å². The molecule has 2 aliphatic heterocycles. The Morgan fingerprint density at radius 3 is 2.58 bits per heavy atom. The topological polar surface area (TPSA) is 49.9 Å². The van der Waals surface area contributed by atoms with Gasteiger partial charge in [0.2, 0.25) is 11.8 Å². The molecular formula is C19H32N2O3. The summed E-state index contributed by atoms with van der Waals surface area (Å²) < 4.78 is 5.54. The minimum absolute atomic E-state index is 0.201. The maximum absolute atomic E-state index is 12.9. The van der Waals surface area contributed by atoms with Crippen LogP contribution in [-0.4, -0.2) is 60.0 Å². The first-order chi connectivity index (χ1) is 11.6. The smallest absolute Gasteiger partial charge is 0.224 e. The normalized spacial score (nSPS) is 25.8. The number of carbonyl (C=O) groups is 2. The molecule has 3 rings (SSSR count). The minimum Gasteiger partial charge on any atom is -0.381 e. The van der Waals surface area contributed by atoms with Crippen molar-refractivity contribution in [3.05, 3.63) is 0 Å². The molecule has 0 aromatic carbocycles. The molecule has 2 amide bonds. The first-order valence-corrected chi connectivity index (χ1v) is 9.80. The molecule has 2 saturated heterocycles. The van der Waals surface area contributed by atoms with Crippen molar-refractivity contribution in [2.24, 2.45) is 5.92 Å². The fraction of sp³-hybridized carbons (Fsp3) is 0.895. The molecule has 24 heavy (non-hydrogen) atoms. The van der Waals surface area contributed by atoms with Crippen LogP contribution in [0.3, 0.4) is 0 Å². The Labute approximate surface area is 145 Å². The Hall–Kier alpha value is -1.10. The highest BCUT2D eigenvalue weighted by atomic mass is 16.5. The lowest BCUT2D eigenvalue weighted by molar-refractivity contribution is -0.142. The Kier molecular flexibility index (Phi) is 5.80. The Balaban J connectivity index is 1.71. The zero-order valence-electron chi connectivity index (χ0n) is 15.1. The first-order valence-electron chi connectivity index (χ1n) is 9.80. The molecule has 2 heterocycles. The van der Waals surface area contributed by atoms with Crippen molar-refractivity contribution in [2.75, 3.05) is 32.8 Å². The van der Waals surface area contributed by atoms with Crippen molar-refractivity contribution >= 4 is 11.8 Å². The molecule has 1 aliphatic carbocycles. The third kappa shape index (κ3) is 3.76. The van der Waals surface area contributed by atoms with Crippen LogP contribution in [-0.2, 0) is 14.3 Å². The summed E-state index contributed by atoms with van der Waals surface area (Å²) in [6, 6.07) is 0. The van der Waals surface area contributed by atoms with Gasteiger partial charge in [-0.1, -0.05) is 19.3 Å². The van der Waals surface area contributed by atoms with Gasteiger partial charge in [0.1, 0.15) is 0 Å².